The van der Waals surface area contributed by atoms with Crippen LogP contribution in [0.15, 0.2) is 133 Å². The van der Waals surface area contributed by atoms with E-state index in [9.17, 15) is 10.1 Å². The molecule has 6 heteroatoms. The first kappa shape index (κ1) is 31.4. The normalized spacial score (nSPS) is 16.2. The number of benzene rings is 4. The Bertz CT molecular complexity index is 2060. The summed E-state index contributed by atoms with van der Waals surface area (Å²) in [6.07, 6.45) is 11.0. The van der Waals surface area contributed by atoms with E-state index in [1.165, 1.54) is 40.1 Å². The second-order valence-electron chi connectivity index (χ2n) is 12.5. The average molecular weight is 639 g/mol. The fourth-order valence-corrected chi connectivity index (χ4v) is 7.16. The SMILES string of the molecule is N#CC(=Cc1ccc2c(c1)C1CCCC1N2c1ccc(C=C(c2ccccc2)c2ccccc2)cc1)C(=O)NCC[n+]1ccc(C#N)cc1. The lowest BCUT2D eigenvalue weighted by molar-refractivity contribution is -0.694. The van der Waals surface area contributed by atoms with Crippen LogP contribution in [0, 0.1) is 22.7 Å². The largest absolute Gasteiger partial charge is 0.345 e. The van der Waals surface area contributed by atoms with Gasteiger partial charge in [-0.25, -0.2) is 4.57 Å². The van der Waals surface area contributed by atoms with Gasteiger partial charge in [-0.05, 0) is 82.6 Å². The summed E-state index contributed by atoms with van der Waals surface area (Å²) in [5.74, 6) is 0.0175. The molecule has 2 heterocycles. The van der Waals surface area contributed by atoms with Gasteiger partial charge in [0.05, 0.1) is 18.2 Å². The van der Waals surface area contributed by atoms with E-state index in [-0.39, 0.29) is 5.57 Å². The fraction of sp³-hybridized carbons (Fsp3) is 0.163. The average Bonchev–Trinajstić information content (AvgIpc) is 3.75. The molecule has 2 aliphatic rings. The molecule has 49 heavy (non-hydrogen) atoms. The maximum Gasteiger partial charge on any atom is 0.262 e. The van der Waals surface area contributed by atoms with Crippen LogP contribution in [0.4, 0.5) is 11.4 Å². The summed E-state index contributed by atoms with van der Waals surface area (Å²) >= 11 is 0. The number of anilines is 2. The highest BCUT2D eigenvalue weighted by molar-refractivity contribution is 6.01. The minimum Gasteiger partial charge on any atom is -0.345 e. The van der Waals surface area contributed by atoms with Crippen molar-refractivity contribution >= 4 is 35.0 Å². The molecule has 0 saturated heterocycles. The summed E-state index contributed by atoms with van der Waals surface area (Å²) in [7, 11) is 0. The summed E-state index contributed by atoms with van der Waals surface area (Å²) in [6.45, 7) is 0.901. The molecule has 7 rings (SSSR count). The molecule has 1 aliphatic carbocycles. The number of nitrogens with zero attached hydrogens (tertiary/aromatic N) is 4. The number of carbonyl (C=O) groups excluding carboxylic acids is 1. The number of nitriles is 2. The second kappa shape index (κ2) is 14.3. The van der Waals surface area contributed by atoms with Crippen molar-refractivity contribution in [1.82, 2.24) is 5.32 Å². The molecule has 1 aliphatic heterocycles. The molecule has 1 N–H and O–H groups in total. The Balaban J connectivity index is 1.10. The molecule has 1 aromatic heterocycles. The summed E-state index contributed by atoms with van der Waals surface area (Å²) < 4.78 is 1.89. The molecular formula is C43H36N5O+. The third-order valence-corrected chi connectivity index (χ3v) is 9.53. The molecule has 238 valence electrons. The van der Waals surface area contributed by atoms with Crippen LogP contribution < -0.4 is 14.8 Å². The number of hydrogen-bond acceptors (Lipinski definition) is 4. The van der Waals surface area contributed by atoms with E-state index in [2.05, 4.69) is 113 Å². The topological polar surface area (TPSA) is 83.8 Å². The number of aromatic nitrogens is 1. The summed E-state index contributed by atoms with van der Waals surface area (Å²) in [5.41, 5.74) is 9.88. The van der Waals surface area contributed by atoms with Crippen molar-refractivity contribution in [1.29, 1.82) is 10.5 Å². The number of carbonyl (C=O) groups is 1. The highest BCUT2D eigenvalue weighted by Gasteiger charge is 2.42. The van der Waals surface area contributed by atoms with Crippen LogP contribution >= 0.6 is 0 Å². The van der Waals surface area contributed by atoms with Gasteiger partial charge in [0, 0.05) is 35.5 Å². The number of hydrogen-bond donors (Lipinski definition) is 1. The third-order valence-electron chi connectivity index (χ3n) is 9.53. The van der Waals surface area contributed by atoms with Crippen LogP contribution in [0.1, 0.15) is 58.6 Å². The van der Waals surface area contributed by atoms with Gasteiger partial charge >= 0.3 is 0 Å². The van der Waals surface area contributed by atoms with Crippen molar-refractivity contribution < 1.29 is 9.36 Å². The Morgan fingerprint density at radius 3 is 2.14 bits per heavy atom. The molecule has 6 nitrogen and oxygen atoms in total. The highest BCUT2D eigenvalue weighted by atomic mass is 16.1. The first-order valence-electron chi connectivity index (χ1n) is 16.8. The summed E-state index contributed by atoms with van der Waals surface area (Å²) in [5, 5.41) is 21.7. The quantitative estimate of drug-likeness (QED) is 0.0769. The second-order valence-corrected chi connectivity index (χ2v) is 12.5. The molecule has 1 saturated carbocycles. The van der Waals surface area contributed by atoms with Crippen LogP contribution in [0.2, 0.25) is 0 Å². The molecule has 0 radical (unpaired) electrons. The summed E-state index contributed by atoms with van der Waals surface area (Å²) in [4.78, 5) is 15.4. The van der Waals surface area contributed by atoms with Crippen LogP contribution in [0.25, 0.3) is 17.7 Å². The number of nitrogens with one attached hydrogen (secondary N) is 1. The zero-order valence-corrected chi connectivity index (χ0v) is 27.2. The number of pyridine rings is 1. The lowest BCUT2D eigenvalue weighted by Gasteiger charge is -2.27. The number of fused-ring (bicyclic) bond motifs is 3. The third kappa shape index (κ3) is 6.77. The zero-order valence-electron chi connectivity index (χ0n) is 27.2. The van der Waals surface area contributed by atoms with Gasteiger partial charge in [-0.15, -0.1) is 0 Å². The van der Waals surface area contributed by atoms with Crippen molar-refractivity contribution in [3.8, 4) is 12.1 Å². The molecule has 5 aromatic rings. The zero-order chi connectivity index (χ0) is 33.6. The van der Waals surface area contributed by atoms with Crippen LogP contribution in [-0.4, -0.2) is 18.5 Å². The van der Waals surface area contributed by atoms with Crippen molar-refractivity contribution in [2.45, 2.75) is 37.8 Å². The van der Waals surface area contributed by atoms with Gasteiger partial charge in [0.25, 0.3) is 5.91 Å². The minimum atomic E-state index is -0.394. The Labute approximate surface area is 287 Å². The maximum atomic E-state index is 12.9. The predicted octanol–water partition coefficient (Wildman–Crippen LogP) is 7.95. The van der Waals surface area contributed by atoms with Crippen LogP contribution in [-0.2, 0) is 11.3 Å². The van der Waals surface area contributed by atoms with E-state index < -0.39 is 5.91 Å². The standard InChI is InChI=1S/C43H35N5O/c44-29-32-20-23-47(24-21-32)25-22-46-43(49)36(30-45)26-33-16-19-42-40(28-33)38-12-7-13-41(38)48(42)37-17-14-31(15-18-37)27-39(34-8-3-1-4-9-34)35-10-5-2-6-11-35/h1-6,8-11,14-21,23-24,26-28,38,41H,7,12-13,22,25H2/p+1. The van der Waals surface area contributed by atoms with Crippen molar-refractivity contribution in [2.24, 2.45) is 0 Å². The predicted molar refractivity (Wildman–Crippen MR) is 193 cm³/mol. The van der Waals surface area contributed by atoms with Gasteiger partial charge in [0.2, 0.25) is 0 Å². The van der Waals surface area contributed by atoms with Crippen molar-refractivity contribution in [2.75, 3.05) is 11.4 Å². The Morgan fingerprint density at radius 2 is 1.49 bits per heavy atom. The number of rotatable bonds is 9. The molecule has 2 unspecified atom stereocenters. The minimum absolute atomic E-state index is 0.0802. The van der Waals surface area contributed by atoms with E-state index in [4.69, 9.17) is 5.26 Å². The first-order valence-corrected chi connectivity index (χ1v) is 16.8. The van der Waals surface area contributed by atoms with Crippen molar-refractivity contribution in [3.05, 3.63) is 167 Å². The van der Waals surface area contributed by atoms with Crippen LogP contribution in [0.5, 0.6) is 0 Å². The van der Waals surface area contributed by atoms with E-state index in [1.807, 2.05) is 22.8 Å². The Hall–Kier alpha value is -6.24. The molecule has 1 fully saturated rings. The van der Waals surface area contributed by atoms with E-state index >= 15 is 0 Å². The van der Waals surface area contributed by atoms with Gasteiger partial charge in [0.15, 0.2) is 18.9 Å². The van der Waals surface area contributed by atoms with E-state index in [0.717, 1.165) is 24.0 Å². The van der Waals surface area contributed by atoms with Gasteiger partial charge in [-0.3, -0.25) is 4.79 Å². The molecule has 1 amide bonds. The van der Waals surface area contributed by atoms with E-state index in [1.54, 1.807) is 30.6 Å². The summed E-state index contributed by atoms with van der Waals surface area (Å²) in [6, 6.07) is 44.3. The lowest BCUT2D eigenvalue weighted by Crippen LogP contribution is -2.40. The van der Waals surface area contributed by atoms with Gasteiger partial charge in [0.1, 0.15) is 11.6 Å². The molecule has 4 aromatic carbocycles. The van der Waals surface area contributed by atoms with Gasteiger partial charge < -0.3 is 10.2 Å². The fourth-order valence-electron chi connectivity index (χ4n) is 7.16. The molecular weight excluding hydrogens is 603 g/mol. The van der Waals surface area contributed by atoms with Crippen LogP contribution in [0.3, 0.4) is 0 Å². The highest BCUT2D eigenvalue weighted by Crippen LogP contribution is 2.52. The monoisotopic (exact) mass is 638 g/mol. The smallest absolute Gasteiger partial charge is 0.262 e. The molecule has 0 spiro atoms. The van der Waals surface area contributed by atoms with Gasteiger partial charge in [-0.1, -0.05) is 85.3 Å². The first-order chi connectivity index (χ1) is 24.1. The molecule has 2 atom stereocenters. The number of amides is 1. The van der Waals surface area contributed by atoms with Gasteiger partial charge in [-0.2, -0.15) is 10.5 Å². The van der Waals surface area contributed by atoms with Crippen molar-refractivity contribution in [3.63, 3.8) is 0 Å². The Kier molecular flexibility index (Phi) is 9.13. The van der Waals surface area contributed by atoms with E-state index in [0.29, 0.717) is 30.6 Å². The Morgan fingerprint density at radius 1 is 0.816 bits per heavy atom. The maximum absolute atomic E-state index is 12.9. The molecule has 0 bridgehead atoms. The lowest BCUT2D eigenvalue weighted by atomic mass is 9.95.